The van der Waals surface area contributed by atoms with E-state index in [-0.39, 0.29) is 0 Å². The zero-order valence-corrected chi connectivity index (χ0v) is 18.1. The van der Waals surface area contributed by atoms with E-state index in [1.165, 1.54) is 11.1 Å². The van der Waals surface area contributed by atoms with E-state index in [0.717, 1.165) is 21.3 Å². The normalized spacial score (nSPS) is 10.5. The summed E-state index contributed by atoms with van der Waals surface area (Å²) in [5, 5.41) is 0. The first-order chi connectivity index (χ1) is 14.3. The number of benzene rings is 2. The van der Waals surface area contributed by atoms with Crippen LogP contribution in [0.2, 0.25) is 0 Å². The summed E-state index contributed by atoms with van der Waals surface area (Å²) in [4.78, 5) is 1.95. The first-order valence-electron chi connectivity index (χ1n) is 9.12. The van der Waals surface area contributed by atoms with Gasteiger partial charge in [0, 0.05) is 11.5 Å². The molecule has 0 bridgehead atoms. The van der Waals surface area contributed by atoms with Gasteiger partial charge in [-0.1, -0.05) is 85.0 Å². The van der Waals surface area contributed by atoms with Crippen molar-refractivity contribution in [2.75, 3.05) is 0 Å². The minimum atomic E-state index is 0.861. The number of allylic oxidation sites excluding steroid dienone is 5. The van der Waals surface area contributed by atoms with Crippen molar-refractivity contribution in [1.82, 2.24) is 0 Å². The van der Waals surface area contributed by atoms with Crippen LogP contribution in [0.15, 0.2) is 95.3 Å². The highest BCUT2D eigenvalue weighted by Gasteiger charge is 1.99. The summed E-state index contributed by atoms with van der Waals surface area (Å²) in [5.74, 6) is 19.5. The quantitative estimate of drug-likeness (QED) is 0.362. The maximum Gasteiger partial charge on any atom is 0.0587 e. The van der Waals surface area contributed by atoms with Crippen LogP contribution in [0.5, 0.6) is 0 Å². The third-order valence-corrected chi connectivity index (χ3v) is 5.58. The summed E-state index contributed by atoms with van der Waals surface area (Å²) < 4.78 is 0. The molecule has 0 nitrogen and oxygen atoms in total. The van der Waals surface area contributed by atoms with E-state index in [9.17, 15) is 0 Å². The molecule has 2 aromatic rings. The highest BCUT2D eigenvalue weighted by atomic mass is 32.2. The maximum absolute atomic E-state index is 3.69. The van der Waals surface area contributed by atoms with E-state index < -0.39 is 0 Å². The third-order valence-electron chi connectivity index (χ3n) is 3.53. The smallest absolute Gasteiger partial charge is 0.0587 e. The Bertz CT molecular complexity index is 1030. The number of hydrogen-bond acceptors (Lipinski definition) is 2. The van der Waals surface area contributed by atoms with Crippen molar-refractivity contribution in [1.29, 1.82) is 0 Å². The Morgan fingerprint density at radius 1 is 0.793 bits per heavy atom. The van der Waals surface area contributed by atoms with Crippen LogP contribution < -0.4 is 0 Å². The molecule has 0 saturated carbocycles. The second kappa shape index (κ2) is 14.1. The van der Waals surface area contributed by atoms with Crippen molar-refractivity contribution in [2.24, 2.45) is 0 Å². The van der Waals surface area contributed by atoms with Gasteiger partial charge in [0.2, 0.25) is 0 Å². The van der Waals surface area contributed by atoms with Gasteiger partial charge in [-0.3, -0.25) is 0 Å². The largest absolute Gasteiger partial charge is 0.112 e. The lowest BCUT2D eigenvalue weighted by molar-refractivity contribution is 1.42. The molecule has 0 aliphatic rings. The van der Waals surface area contributed by atoms with Crippen molar-refractivity contribution < 1.29 is 0 Å². The van der Waals surface area contributed by atoms with Crippen LogP contribution >= 0.6 is 23.5 Å². The van der Waals surface area contributed by atoms with Crippen LogP contribution in [0.4, 0.5) is 0 Å². The average Bonchev–Trinajstić information content (AvgIpc) is 2.77. The van der Waals surface area contributed by atoms with Crippen molar-refractivity contribution in [2.45, 2.75) is 18.4 Å². The summed E-state index contributed by atoms with van der Waals surface area (Å²) in [6, 6.07) is 20.8. The minimum Gasteiger partial charge on any atom is -0.112 e. The van der Waals surface area contributed by atoms with Crippen molar-refractivity contribution >= 4 is 23.5 Å². The Morgan fingerprint density at radius 3 is 1.79 bits per heavy atom. The molecule has 0 heterocycles. The van der Waals surface area contributed by atoms with Crippen LogP contribution in [0.3, 0.4) is 0 Å². The molecule has 0 N–H and O–H groups in total. The SMILES string of the molecule is C=CC#CC(=CC=C(C#CC#CC)SCc1ccccc1)SCc1ccccc1. The molecule has 0 aliphatic carbocycles. The lowest BCUT2D eigenvalue weighted by Crippen LogP contribution is -1.82. The van der Waals surface area contributed by atoms with E-state index in [1.54, 1.807) is 36.5 Å². The molecule has 0 aliphatic heterocycles. The molecule has 2 rings (SSSR count). The molecular weight excluding hydrogens is 388 g/mol. The molecule has 0 amide bonds. The van der Waals surface area contributed by atoms with Crippen LogP contribution in [0, 0.1) is 35.5 Å². The van der Waals surface area contributed by atoms with Crippen LogP contribution in [-0.2, 0) is 11.5 Å². The van der Waals surface area contributed by atoms with Crippen LogP contribution in [0.25, 0.3) is 0 Å². The highest BCUT2D eigenvalue weighted by Crippen LogP contribution is 2.24. The molecular formula is C27H22S2. The molecule has 0 unspecified atom stereocenters. The van der Waals surface area contributed by atoms with E-state index >= 15 is 0 Å². The first-order valence-corrected chi connectivity index (χ1v) is 11.1. The molecule has 2 heteroatoms. The second-order valence-electron chi connectivity index (χ2n) is 5.71. The monoisotopic (exact) mass is 410 g/mol. The predicted octanol–water partition coefficient (Wildman–Crippen LogP) is 6.84. The molecule has 0 radical (unpaired) electrons. The highest BCUT2D eigenvalue weighted by molar-refractivity contribution is 8.03. The average molecular weight is 411 g/mol. The van der Waals surface area contributed by atoms with Gasteiger partial charge in [0.15, 0.2) is 0 Å². The zero-order chi connectivity index (χ0) is 20.6. The van der Waals surface area contributed by atoms with E-state index in [4.69, 9.17) is 0 Å². The van der Waals surface area contributed by atoms with Crippen molar-refractivity contribution in [3.63, 3.8) is 0 Å². The molecule has 29 heavy (non-hydrogen) atoms. The van der Waals surface area contributed by atoms with E-state index in [0.29, 0.717) is 0 Å². The fourth-order valence-corrected chi connectivity index (χ4v) is 3.76. The van der Waals surface area contributed by atoms with Gasteiger partial charge in [-0.2, -0.15) is 0 Å². The summed E-state index contributed by atoms with van der Waals surface area (Å²) in [6.07, 6.45) is 5.68. The molecule has 2 aromatic carbocycles. The van der Waals surface area contributed by atoms with Gasteiger partial charge in [-0.05, 0) is 54.0 Å². The number of thioether (sulfide) groups is 2. The van der Waals surface area contributed by atoms with Crippen molar-refractivity contribution in [3.05, 3.63) is 106 Å². The molecule has 0 fully saturated rings. The fourth-order valence-electron chi connectivity index (χ4n) is 2.15. The van der Waals surface area contributed by atoms with Crippen molar-refractivity contribution in [3.8, 4) is 35.5 Å². The lowest BCUT2D eigenvalue weighted by atomic mass is 10.2. The molecule has 0 spiro atoms. The first kappa shape index (κ1) is 22.3. The Hall–Kier alpha value is -2.96. The Kier molecular flexibility index (Phi) is 10.9. The number of hydrogen-bond donors (Lipinski definition) is 0. The van der Waals surface area contributed by atoms with Gasteiger partial charge in [0.1, 0.15) is 0 Å². The lowest BCUT2D eigenvalue weighted by Gasteiger charge is -2.02. The van der Waals surface area contributed by atoms with Gasteiger partial charge in [-0.15, -0.1) is 23.5 Å². The molecule has 142 valence electrons. The Balaban J connectivity index is 2.17. The van der Waals surface area contributed by atoms with Gasteiger partial charge in [0.25, 0.3) is 0 Å². The van der Waals surface area contributed by atoms with E-state index in [1.807, 2.05) is 24.3 Å². The summed E-state index contributed by atoms with van der Waals surface area (Å²) in [7, 11) is 0. The zero-order valence-electron chi connectivity index (χ0n) is 16.4. The molecule has 0 atom stereocenters. The fraction of sp³-hybridized carbons (Fsp3) is 0.111. The summed E-state index contributed by atoms with van der Waals surface area (Å²) in [6.45, 7) is 5.48. The summed E-state index contributed by atoms with van der Waals surface area (Å²) in [5.41, 5.74) is 2.53. The van der Waals surface area contributed by atoms with Gasteiger partial charge >= 0.3 is 0 Å². The Morgan fingerprint density at radius 2 is 1.31 bits per heavy atom. The topological polar surface area (TPSA) is 0 Å². The van der Waals surface area contributed by atoms with E-state index in [2.05, 4.69) is 90.6 Å². The number of rotatable bonds is 7. The Labute approximate surface area is 183 Å². The standard InChI is InChI=1S/C27H22S2/c1-3-5-9-19-27(29-23-25-16-12-8-13-17-25)21-20-26(18-6-4-2)28-22-24-14-10-7-11-15-24/h4,7-8,10-17,20-21H,2,22-23H2,1H3. The molecule has 0 saturated heterocycles. The third kappa shape index (κ3) is 9.69. The summed E-state index contributed by atoms with van der Waals surface area (Å²) >= 11 is 3.41. The van der Waals surface area contributed by atoms with Gasteiger partial charge in [0.05, 0.1) is 9.81 Å². The van der Waals surface area contributed by atoms with Gasteiger partial charge in [-0.25, -0.2) is 0 Å². The van der Waals surface area contributed by atoms with Gasteiger partial charge < -0.3 is 0 Å². The molecule has 0 aromatic heterocycles. The van der Waals surface area contributed by atoms with Crippen LogP contribution in [0.1, 0.15) is 18.1 Å². The second-order valence-corrected chi connectivity index (χ2v) is 7.74. The maximum atomic E-state index is 3.69. The minimum absolute atomic E-state index is 0.861. The van der Waals surface area contributed by atoms with Crippen LogP contribution in [-0.4, -0.2) is 0 Å². The predicted molar refractivity (Wildman–Crippen MR) is 131 cm³/mol.